The molecule has 2 fully saturated rings. The van der Waals surface area contributed by atoms with Crippen molar-refractivity contribution in [1.82, 2.24) is 4.90 Å². The molecule has 2 aliphatic rings. The van der Waals surface area contributed by atoms with Crippen LogP contribution in [0.5, 0.6) is 0 Å². The van der Waals surface area contributed by atoms with Gasteiger partial charge in [0.15, 0.2) is 0 Å². The first kappa shape index (κ1) is 16.6. The summed E-state index contributed by atoms with van der Waals surface area (Å²) in [5.74, 6) is -1.12. The monoisotopic (exact) mass is 355 g/mol. The van der Waals surface area contributed by atoms with E-state index in [9.17, 15) is 13.2 Å². The molecule has 0 amide bonds. The molecule has 0 N–H and O–H groups in total. The van der Waals surface area contributed by atoms with Gasteiger partial charge in [-0.05, 0) is 37.6 Å². The van der Waals surface area contributed by atoms with E-state index in [0.717, 1.165) is 31.3 Å². The molecule has 0 spiro atoms. The minimum atomic E-state index is -4.02. The number of halogens is 4. The van der Waals surface area contributed by atoms with Crippen LogP contribution >= 0.6 is 15.9 Å². The molecule has 0 bridgehead atoms. The molecule has 0 aromatic heterocycles. The van der Waals surface area contributed by atoms with Gasteiger partial charge in [0.2, 0.25) is 0 Å². The maximum absolute atomic E-state index is 12.9. The van der Waals surface area contributed by atoms with Gasteiger partial charge in [0.25, 0.3) is 0 Å². The number of rotatable bonds is 3. The molecule has 1 unspecified atom stereocenters. The maximum Gasteiger partial charge on any atom is 0.393 e. The fraction of sp³-hybridized carbons (Fsp3) is 1.00. The van der Waals surface area contributed by atoms with Crippen LogP contribution in [0.3, 0.4) is 0 Å². The van der Waals surface area contributed by atoms with Gasteiger partial charge in [0.1, 0.15) is 0 Å². The molecule has 0 radical (unpaired) electrons. The van der Waals surface area contributed by atoms with Crippen LogP contribution in [-0.2, 0) is 0 Å². The van der Waals surface area contributed by atoms with Crippen molar-refractivity contribution in [3.8, 4) is 0 Å². The zero-order valence-electron chi connectivity index (χ0n) is 12.0. The van der Waals surface area contributed by atoms with E-state index in [1.807, 2.05) is 0 Å². The van der Waals surface area contributed by atoms with E-state index in [2.05, 4.69) is 20.8 Å². The van der Waals surface area contributed by atoms with Gasteiger partial charge in [-0.2, -0.15) is 13.2 Å². The zero-order chi connectivity index (χ0) is 14.6. The second kappa shape index (κ2) is 6.99. The van der Waals surface area contributed by atoms with Gasteiger partial charge >= 0.3 is 6.18 Å². The highest BCUT2D eigenvalue weighted by Gasteiger charge is 2.43. The van der Waals surface area contributed by atoms with Gasteiger partial charge in [-0.25, -0.2) is 0 Å². The number of piperidine rings is 1. The molecule has 1 atom stereocenters. The van der Waals surface area contributed by atoms with Crippen molar-refractivity contribution in [3.63, 3.8) is 0 Å². The standard InChI is InChI=1S/C15H25BrF3N/c16-11-14(7-3-1-2-4-8-14)12-20-9-5-6-13(10-20)15(17,18)19/h13H,1-12H2. The third kappa shape index (κ3) is 4.36. The summed E-state index contributed by atoms with van der Waals surface area (Å²) in [6, 6.07) is 0. The normalized spacial score (nSPS) is 29.1. The van der Waals surface area contributed by atoms with Gasteiger partial charge in [0, 0.05) is 18.4 Å². The van der Waals surface area contributed by atoms with E-state index in [1.54, 1.807) is 0 Å². The van der Waals surface area contributed by atoms with E-state index in [1.165, 1.54) is 25.7 Å². The highest BCUT2D eigenvalue weighted by Crippen LogP contribution is 2.39. The van der Waals surface area contributed by atoms with E-state index < -0.39 is 12.1 Å². The Labute approximate surface area is 128 Å². The molecule has 0 aromatic carbocycles. The molecule has 1 aliphatic heterocycles. The molecule has 1 heterocycles. The van der Waals surface area contributed by atoms with E-state index in [4.69, 9.17) is 0 Å². The van der Waals surface area contributed by atoms with E-state index in [0.29, 0.717) is 12.8 Å². The number of hydrogen-bond donors (Lipinski definition) is 0. The van der Waals surface area contributed by atoms with Crippen LogP contribution in [-0.4, -0.2) is 36.0 Å². The molecule has 5 heteroatoms. The van der Waals surface area contributed by atoms with Crippen molar-refractivity contribution < 1.29 is 13.2 Å². The minimum absolute atomic E-state index is 0.198. The zero-order valence-corrected chi connectivity index (χ0v) is 13.6. The third-order valence-corrected chi connectivity index (χ3v) is 6.16. The highest BCUT2D eigenvalue weighted by molar-refractivity contribution is 9.09. The van der Waals surface area contributed by atoms with Gasteiger partial charge in [0.05, 0.1) is 5.92 Å². The molecule has 1 aliphatic carbocycles. The molecule has 1 saturated carbocycles. The lowest BCUT2D eigenvalue weighted by Gasteiger charge is -2.41. The van der Waals surface area contributed by atoms with Crippen LogP contribution in [0.4, 0.5) is 13.2 Å². The van der Waals surface area contributed by atoms with Crippen LogP contribution in [0.1, 0.15) is 51.4 Å². The van der Waals surface area contributed by atoms with Crippen molar-refractivity contribution in [3.05, 3.63) is 0 Å². The Hall–Kier alpha value is 0.230. The summed E-state index contributed by atoms with van der Waals surface area (Å²) in [4.78, 5) is 2.08. The van der Waals surface area contributed by atoms with Crippen LogP contribution in [0.2, 0.25) is 0 Å². The first-order chi connectivity index (χ1) is 9.45. The Morgan fingerprint density at radius 3 is 2.25 bits per heavy atom. The summed E-state index contributed by atoms with van der Waals surface area (Å²) in [7, 11) is 0. The number of alkyl halides is 4. The molecule has 0 aromatic rings. The third-order valence-electron chi connectivity index (χ3n) is 4.98. The Kier molecular flexibility index (Phi) is 5.80. The van der Waals surface area contributed by atoms with Gasteiger partial charge < -0.3 is 4.90 Å². The summed E-state index contributed by atoms with van der Waals surface area (Å²) < 4.78 is 38.7. The largest absolute Gasteiger partial charge is 0.393 e. The summed E-state index contributed by atoms with van der Waals surface area (Å²) in [6.45, 7) is 1.88. The molecule has 2 rings (SSSR count). The molecular formula is C15H25BrF3N. The van der Waals surface area contributed by atoms with Crippen LogP contribution in [0.15, 0.2) is 0 Å². The average molecular weight is 356 g/mol. The Bertz CT molecular complexity index is 298. The van der Waals surface area contributed by atoms with Gasteiger partial charge in [-0.3, -0.25) is 0 Å². The van der Waals surface area contributed by atoms with E-state index in [-0.39, 0.29) is 12.0 Å². The summed E-state index contributed by atoms with van der Waals surface area (Å²) >= 11 is 3.64. The van der Waals surface area contributed by atoms with Crippen LogP contribution < -0.4 is 0 Å². The second-order valence-corrected chi connectivity index (χ2v) is 7.22. The maximum atomic E-state index is 12.9. The van der Waals surface area contributed by atoms with Crippen molar-refractivity contribution in [1.29, 1.82) is 0 Å². The lowest BCUT2D eigenvalue weighted by atomic mass is 9.81. The second-order valence-electron chi connectivity index (χ2n) is 6.66. The first-order valence-corrected chi connectivity index (χ1v) is 8.92. The first-order valence-electron chi connectivity index (χ1n) is 7.80. The van der Waals surface area contributed by atoms with Gasteiger partial charge in [-0.1, -0.05) is 41.6 Å². The lowest BCUT2D eigenvalue weighted by Crippen LogP contribution is -2.47. The highest BCUT2D eigenvalue weighted by atomic mass is 79.9. The quantitative estimate of drug-likeness (QED) is 0.508. The van der Waals surface area contributed by atoms with E-state index >= 15 is 0 Å². The fourth-order valence-corrected chi connectivity index (χ4v) is 4.49. The topological polar surface area (TPSA) is 3.24 Å². The Balaban J connectivity index is 1.96. The number of nitrogens with zero attached hydrogens (tertiary/aromatic N) is 1. The van der Waals surface area contributed by atoms with Crippen LogP contribution in [0.25, 0.3) is 0 Å². The van der Waals surface area contributed by atoms with Gasteiger partial charge in [-0.15, -0.1) is 0 Å². The van der Waals surface area contributed by atoms with Crippen molar-refractivity contribution in [2.45, 2.75) is 57.5 Å². The summed E-state index contributed by atoms with van der Waals surface area (Å²) in [6.07, 6.45) is 4.29. The Morgan fingerprint density at radius 2 is 1.70 bits per heavy atom. The smallest absolute Gasteiger partial charge is 0.302 e. The fourth-order valence-electron chi connectivity index (χ4n) is 3.75. The van der Waals surface area contributed by atoms with Crippen molar-refractivity contribution in [2.24, 2.45) is 11.3 Å². The molecule has 118 valence electrons. The van der Waals surface area contributed by atoms with Crippen molar-refractivity contribution >= 4 is 15.9 Å². The predicted octanol–water partition coefficient (Wildman–Crippen LogP) is 5.00. The minimum Gasteiger partial charge on any atom is -0.302 e. The molecule has 1 saturated heterocycles. The van der Waals surface area contributed by atoms with Crippen LogP contribution in [0, 0.1) is 11.3 Å². The SMILES string of the molecule is FC(F)(F)C1CCCN(CC2(CBr)CCCCCC2)C1. The molecule has 20 heavy (non-hydrogen) atoms. The molecular weight excluding hydrogens is 331 g/mol. The predicted molar refractivity (Wildman–Crippen MR) is 79.1 cm³/mol. The number of likely N-dealkylation sites (tertiary alicyclic amines) is 1. The lowest BCUT2D eigenvalue weighted by molar-refractivity contribution is -0.187. The average Bonchev–Trinajstić information content (AvgIpc) is 2.64. The molecule has 1 nitrogen and oxygen atoms in total. The Morgan fingerprint density at radius 1 is 1.05 bits per heavy atom. The summed E-state index contributed by atoms with van der Waals surface area (Å²) in [5.41, 5.74) is 0.198. The summed E-state index contributed by atoms with van der Waals surface area (Å²) in [5, 5.41) is 0.924. The van der Waals surface area contributed by atoms with Crippen molar-refractivity contribution in [2.75, 3.05) is 25.0 Å². The number of hydrogen-bond acceptors (Lipinski definition) is 1.